The molecule has 17 heteroatoms. The van der Waals surface area contributed by atoms with Crippen LogP contribution in [0.25, 0.3) is 0 Å². The lowest BCUT2D eigenvalue weighted by molar-refractivity contribution is -0.267. The van der Waals surface area contributed by atoms with Gasteiger partial charge < -0.3 is 39.2 Å². The maximum Gasteiger partial charge on any atom is 0.470 e. The molecule has 23 heavy (non-hydrogen) atoms. The fourth-order valence-electron chi connectivity index (χ4n) is 1.84. The third-order valence-electron chi connectivity index (χ3n) is 2.52. The minimum absolute atomic E-state index is 1.10. The Labute approximate surface area is 128 Å². The van der Waals surface area contributed by atoms with Crippen molar-refractivity contribution in [3.05, 3.63) is 0 Å². The second-order valence-electron chi connectivity index (χ2n) is 4.41. The molecule has 0 aliphatic carbocycles. The van der Waals surface area contributed by atoms with Gasteiger partial charge in [0.25, 0.3) is 0 Å². The number of ether oxygens (including phenoxy) is 1. The van der Waals surface area contributed by atoms with Gasteiger partial charge in [-0.05, 0) is 6.92 Å². The number of phosphoric ester groups is 3. The largest absolute Gasteiger partial charge is 0.470 e. The Kier molecular flexibility index (Phi) is 6.70. The van der Waals surface area contributed by atoms with Crippen LogP contribution in [0.2, 0.25) is 0 Å². The standard InChI is InChI=1S/C6H15O14P3/c1-2-3(18-21(8,9)10)4(19-22(11,12)13)5(6(7)17-2)20-23(14,15)16/h2-7H,1H3,(H2,8,9,10)(H2,11,12,13)(H2,14,15,16)/t2-,3-,4+,5+,6-/m1/s1. The highest BCUT2D eigenvalue weighted by atomic mass is 31.2. The summed E-state index contributed by atoms with van der Waals surface area (Å²) in [5.41, 5.74) is 0. The third-order valence-corrected chi connectivity index (χ3v) is 4.08. The lowest BCUT2D eigenvalue weighted by Crippen LogP contribution is -2.58. The fraction of sp³-hybridized carbons (Fsp3) is 1.00. The Balaban J connectivity index is 3.21. The van der Waals surface area contributed by atoms with Crippen LogP contribution in [0, 0.1) is 0 Å². The summed E-state index contributed by atoms with van der Waals surface area (Å²) in [6.07, 6.45) is -9.83. The molecule has 0 saturated carbocycles. The van der Waals surface area contributed by atoms with Gasteiger partial charge in [0.1, 0.15) is 18.3 Å². The van der Waals surface area contributed by atoms with Crippen LogP contribution in [0.5, 0.6) is 0 Å². The number of phosphoric acid groups is 3. The molecule has 0 aromatic heterocycles. The van der Waals surface area contributed by atoms with Crippen molar-refractivity contribution in [1.82, 2.24) is 0 Å². The van der Waals surface area contributed by atoms with Crippen molar-refractivity contribution in [3.8, 4) is 0 Å². The summed E-state index contributed by atoms with van der Waals surface area (Å²) in [7, 11) is -15.8. The Morgan fingerprint density at radius 1 is 0.739 bits per heavy atom. The number of aliphatic hydroxyl groups excluding tert-OH is 1. The minimum atomic E-state index is -5.33. The zero-order valence-corrected chi connectivity index (χ0v) is 13.9. The minimum Gasteiger partial charge on any atom is -0.366 e. The van der Waals surface area contributed by atoms with Gasteiger partial charge in [-0.15, -0.1) is 0 Å². The summed E-state index contributed by atoms with van der Waals surface area (Å²) in [5, 5.41) is 9.61. The Bertz CT molecular complexity index is 509. The molecule has 1 aliphatic heterocycles. The lowest BCUT2D eigenvalue weighted by atomic mass is 10.0. The van der Waals surface area contributed by atoms with Crippen LogP contribution in [-0.2, 0) is 32.0 Å². The van der Waals surface area contributed by atoms with Crippen LogP contribution < -0.4 is 0 Å². The maximum absolute atomic E-state index is 11.0. The van der Waals surface area contributed by atoms with Crippen LogP contribution in [0.15, 0.2) is 0 Å². The molecular formula is C6H15O14P3. The summed E-state index contributed by atoms with van der Waals surface area (Å²) in [5.74, 6) is 0. The van der Waals surface area contributed by atoms with Crippen LogP contribution >= 0.6 is 23.5 Å². The van der Waals surface area contributed by atoms with Crippen molar-refractivity contribution in [2.75, 3.05) is 0 Å². The van der Waals surface area contributed by atoms with Crippen LogP contribution in [-0.4, -0.2) is 65.2 Å². The monoisotopic (exact) mass is 404 g/mol. The van der Waals surface area contributed by atoms with E-state index in [4.69, 9.17) is 34.1 Å². The maximum atomic E-state index is 11.0. The zero-order chi connectivity index (χ0) is 18.2. The molecule has 0 unspecified atom stereocenters. The first-order valence-corrected chi connectivity index (χ1v) is 10.2. The molecule has 0 aromatic rings. The van der Waals surface area contributed by atoms with Gasteiger partial charge in [0.15, 0.2) is 6.29 Å². The van der Waals surface area contributed by atoms with Gasteiger partial charge in [0.05, 0.1) is 6.10 Å². The normalized spacial score (nSPS) is 33.7. The third kappa shape index (κ3) is 7.34. The molecule has 7 N–H and O–H groups in total. The molecule has 14 nitrogen and oxygen atoms in total. The van der Waals surface area contributed by atoms with E-state index in [2.05, 4.69) is 13.6 Å². The smallest absolute Gasteiger partial charge is 0.366 e. The Morgan fingerprint density at radius 3 is 1.48 bits per heavy atom. The van der Waals surface area contributed by atoms with E-state index in [-0.39, 0.29) is 0 Å². The van der Waals surface area contributed by atoms with E-state index >= 15 is 0 Å². The topological polar surface area (TPSA) is 230 Å². The average molecular weight is 404 g/mol. The molecule has 1 aliphatic rings. The number of hydrogen-bond acceptors (Lipinski definition) is 8. The molecule has 1 rings (SSSR count). The predicted molar refractivity (Wildman–Crippen MR) is 67.3 cm³/mol. The second-order valence-corrected chi connectivity index (χ2v) is 7.99. The van der Waals surface area contributed by atoms with Gasteiger partial charge in [0.2, 0.25) is 0 Å². The molecule has 138 valence electrons. The van der Waals surface area contributed by atoms with E-state index in [0.29, 0.717) is 0 Å². The highest BCUT2D eigenvalue weighted by Gasteiger charge is 2.52. The average Bonchev–Trinajstić information content (AvgIpc) is 2.25. The van der Waals surface area contributed by atoms with Crippen molar-refractivity contribution in [2.45, 2.75) is 37.6 Å². The van der Waals surface area contributed by atoms with Crippen LogP contribution in [0.3, 0.4) is 0 Å². The summed E-state index contributed by atoms with van der Waals surface area (Å²) < 4.78 is 50.2. The van der Waals surface area contributed by atoms with E-state index in [0.717, 1.165) is 6.92 Å². The quantitative estimate of drug-likeness (QED) is 0.241. The fourth-order valence-corrected chi connectivity index (χ4v) is 3.55. The first-order chi connectivity index (χ1) is 10.1. The van der Waals surface area contributed by atoms with Gasteiger partial charge in [-0.2, -0.15) is 0 Å². The molecule has 0 bridgehead atoms. The van der Waals surface area contributed by atoms with Crippen molar-refractivity contribution < 1.29 is 66.5 Å². The highest BCUT2D eigenvalue weighted by Crippen LogP contribution is 2.49. The second kappa shape index (κ2) is 7.24. The first kappa shape index (κ1) is 21.3. The number of rotatable bonds is 6. The summed E-state index contributed by atoms with van der Waals surface area (Å²) >= 11 is 0. The van der Waals surface area contributed by atoms with Crippen molar-refractivity contribution in [1.29, 1.82) is 0 Å². The molecule has 1 saturated heterocycles. The molecule has 0 radical (unpaired) electrons. The molecule has 1 heterocycles. The Morgan fingerprint density at radius 2 is 1.09 bits per heavy atom. The molecule has 0 amide bonds. The summed E-state index contributed by atoms with van der Waals surface area (Å²) in [4.78, 5) is 52.8. The van der Waals surface area contributed by atoms with E-state index in [1.807, 2.05) is 0 Å². The van der Waals surface area contributed by atoms with Gasteiger partial charge in [0, 0.05) is 0 Å². The molecule has 0 aromatic carbocycles. The zero-order valence-electron chi connectivity index (χ0n) is 11.2. The first-order valence-electron chi connectivity index (χ1n) is 5.64. The number of hydrogen-bond donors (Lipinski definition) is 7. The SMILES string of the molecule is C[C@H]1O[C@@H](O)[C@@H](OP(=O)(O)O)[C@@H](OP(=O)(O)O)[C@@H]1OP(=O)(O)O. The molecule has 0 spiro atoms. The van der Waals surface area contributed by atoms with E-state index in [9.17, 15) is 18.8 Å². The van der Waals surface area contributed by atoms with Crippen LogP contribution in [0.4, 0.5) is 0 Å². The van der Waals surface area contributed by atoms with Crippen molar-refractivity contribution >= 4 is 23.5 Å². The summed E-state index contributed by atoms with van der Waals surface area (Å²) in [6, 6.07) is 0. The molecule has 5 atom stereocenters. The van der Waals surface area contributed by atoms with E-state index in [1.54, 1.807) is 0 Å². The Hall–Kier alpha value is 0.250. The van der Waals surface area contributed by atoms with E-state index < -0.39 is 54.2 Å². The molecular weight excluding hydrogens is 389 g/mol. The summed E-state index contributed by atoms with van der Waals surface area (Å²) in [6.45, 7) is 1.10. The lowest BCUT2D eigenvalue weighted by Gasteiger charge is -2.42. The predicted octanol–water partition coefficient (Wildman–Crippen LogP) is -1.84. The van der Waals surface area contributed by atoms with Crippen molar-refractivity contribution in [3.63, 3.8) is 0 Å². The molecule has 1 fully saturated rings. The van der Waals surface area contributed by atoms with Gasteiger partial charge >= 0.3 is 23.5 Å². The van der Waals surface area contributed by atoms with E-state index in [1.165, 1.54) is 0 Å². The van der Waals surface area contributed by atoms with Crippen LogP contribution in [0.1, 0.15) is 6.92 Å². The highest BCUT2D eigenvalue weighted by molar-refractivity contribution is 7.47. The van der Waals surface area contributed by atoms with Gasteiger partial charge in [-0.25, -0.2) is 13.7 Å². The van der Waals surface area contributed by atoms with Gasteiger partial charge in [-0.1, -0.05) is 0 Å². The van der Waals surface area contributed by atoms with Gasteiger partial charge in [-0.3, -0.25) is 13.6 Å². The van der Waals surface area contributed by atoms with Crippen molar-refractivity contribution in [2.24, 2.45) is 0 Å². The number of aliphatic hydroxyl groups is 1.